The van der Waals surface area contributed by atoms with Gasteiger partial charge >= 0.3 is 5.97 Å². The number of halogens is 2. The molecule has 1 unspecified atom stereocenters. The van der Waals surface area contributed by atoms with Gasteiger partial charge in [0.1, 0.15) is 0 Å². The van der Waals surface area contributed by atoms with Gasteiger partial charge in [-0.25, -0.2) is 13.6 Å². The summed E-state index contributed by atoms with van der Waals surface area (Å²) in [4.78, 5) is 12.9. The number of ether oxygens (including phenoxy) is 1. The summed E-state index contributed by atoms with van der Waals surface area (Å²) in [6.07, 6.45) is 0.736. The molecule has 18 heavy (non-hydrogen) atoms. The van der Waals surface area contributed by atoms with Crippen molar-refractivity contribution < 1.29 is 18.3 Å². The number of carbonyl (C=O) groups excluding carboxylic acids is 1. The fourth-order valence-electron chi connectivity index (χ4n) is 2.06. The molecule has 0 spiro atoms. The first-order chi connectivity index (χ1) is 8.54. The van der Waals surface area contributed by atoms with E-state index in [0.29, 0.717) is 13.1 Å². The molecule has 0 saturated carbocycles. The molecule has 1 aromatic rings. The van der Waals surface area contributed by atoms with Crippen LogP contribution in [-0.2, 0) is 4.74 Å². The van der Waals surface area contributed by atoms with Crippen molar-refractivity contribution in [3.63, 3.8) is 0 Å². The molecule has 0 radical (unpaired) electrons. The SMILES string of the molecule is COC(=O)c1ccc(N2CCC(N)C2)c(F)c1F. The van der Waals surface area contributed by atoms with Gasteiger partial charge in [0.15, 0.2) is 11.6 Å². The maximum Gasteiger partial charge on any atom is 0.340 e. The van der Waals surface area contributed by atoms with E-state index in [0.717, 1.165) is 13.5 Å². The van der Waals surface area contributed by atoms with Crippen molar-refractivity contribution >= 4 is 11.7 Å². The molecule has 0 aromatic heterocycles. The third-order valence-electron chi connectivity index (χ3n) is 3.03. The highest BCUT2D eigenvalue weighted by molar-refractivity contribution is 5.90. The molecule has 1 fully saturated rings. The lowest BCUT2D eigenvalue weighted by atomic mass is 10.1. The Morgan fingerprint density at radius 3 is 2.72 bits per heavy atom. The molecular weight excluding hydrogens is 242 g/mol. The molecule has 0 aliphatic carbocycles. The lowest BCUT2D eigenvalue weighted by Gasteiger charge is -2.19. The van der Waals surface area contributed by atoms with Crippen LogP contribution in [0.1, 0.15) is 16.8 Å². The predicted molar refractivity (Wildman–Crippen MR) is 62.5 cm³/mol. The highest BCUT2D eigenvalue weighted by atomic mass is 19.2. The minimum Gasteiger partial charge on any atom is -0.465 e. The van der Waals surface area contributed by atoms with Gasteiger partial charge in [0.25, 0.3) is 0 Å². The Morgan fingerprint density at radius 2 is 2.17 bits per heavy atom. The third-order valence-corrected chi connectivity index (χ3v) is 3.03. The average Bonchev–Trinajstić information content (AvgIpc) is 2.78. The van der Waals surface area contributed by atoms with Gasteiger partial charge in [-0.2, -0.15) is 0 Å². The van der Waals surface area contributed by atoms with E-state index in [9.17, 15) is 13.6 Å². The van der Waals surface area contributed by atoms with Gasteiger partial charge in [-0.05, 0) is 18.6 Å². The first-order valence-electron chi connectivity index (χ1n) is 5.61. The molecule has 1 heterocycles. The van der Waals surface area contributed by atoms with E-state index in [2.05, 4.69) is 4.74 Å². The van der Waals surface area contributed by atoms with Gasteiger partial charge < -0.3 is 15.4 Å². The lowest BCUT2D eigenvalue weighted by Crippen LogP contribution is -2.27. The number of hydrogen-bond acceptors (Lipinski definition) is 4. The minimum absolute atomic E-state index is 0.0345. The monoisotopic (exact) mass is 256 g/mol. The number of nitrogens with zero attached hydrogens (tertiary/aromatic N) is 1. The largest absolute Gasteiger partial charge is 0.465 e. The summed E-state index contributed by atoms with van der Waals surface area (Å²) < 4.78 is 32.0. The van der Waals surface area contributed by atoms with Crippen LogP contribution in [0.5, 0.6) is 0 Å². The second-order valence-electron chi connectivity index (χ2n) is 4.25. The normalized spacial score (nSPS) is 19.1. The van der Waals surface area contributed by atoms with Gasteiger partial charge in [0.2, 0.25) is 0 Å². The van der Waals surface area contributed by atoms with Crippen molar-refractivity contribution in [3.8, 4) is 0 Å². The first kappa shape index (κ1) is 12.8. The molecule has 1 aromatic carbocycles. The number of esters is 1. The smallest absolute Gasteiger partial charge is 0.340 e. The molecular formula is C12H14F2N2O2. The highest BCUT2D eigenvalue weighted by Crippen LogP contribution is 2.27. The quantitative estimate of drug-likeness (QED) is 0.810. The number of hydrogen-bond donors (Lipinski definition) is 1. The van der Waals surface area contributed by atoms with Gasteiger partial charge in [0.05, 0.1) is 18.4 Å². The summed E-state index contributed by atoms with van der Waals surface area (Å²) in [5.74, 6) is -3.11. The van der Waals surface area contributed by atoms with Crippen LogP contribution in [0.4, 0.5) is 14.5 Å². The number of nitrogens with two attached hydrogens (primary N) is 1. The van der Waals surface area contributed by atoms with Crippen molar-refractivity contribution in [3.05, 3.63) is 29.3 Å². The molecule has 6 heteroatoms. The van der Waals surface area contributed by atoms with Crippen LogP contribution in [0, 0.1) is 11.6 Å². The van der Waals surface area contributed by atoms with E-state index in [4.69, 9.17) is 5.73 Å². The number of carbonyl (C=O) groups is 1. The zero-order valence-electron chi connectivity index (χ0n) is 9.95. The Labute approximate surface area is 103 Å². The molecule has 0 bridgehead atoms. The van der Waals surface area contributed by atoms with Crippen molar-refractivity contribution in [1.82, 2.24) is 0 Å². The molecule has 0 amide bonds. The fraction of sp³-hybridized carbons (Fsp3) is 0.417. The van der Waals surface area contributed by atoms with Gasteiger partial charge in [0, 0.05) is 19.1 Å². The van der Waals surface area contributed by atoms with E-state index in [1.54, 1.807) is 4.90 Å². The first-order valence-corrected chi connectivity index (χ1v) is 5.61. The summed E-state index contributed by atoms with van der Waals surface area (Å²) >= 11 is 0. The van der Waals surface area contributed by atoms with Crippen molar-refractivity contribution in [1.29, 1.82) is 0 Å². The van der Waals surface area contributed by atoms with E-state index >= 15 is 0 Å². The second kappa shape index (κ2) is 4.89. The molecule has 1 saturated heterocycles. The van der Waals surface area contributed by atoms with Crippen molar-refractivity contribution in [2.45, 2.75) is 12.5 Å². The fourth-order valence-corrected chi connectivity index (χ4v) is 2.06. The summed E-state index contributed by atoms with van der Waals surface area (Å²) in [7, 11) is 1.12. The summed E-state index contributed by atoms with van der Waals surface area (Å²) in [5, 5.41) is 0. The number of anilines is 1. The molecule has 2 rings (SSSR count). The van der Waals surface area contributed by atoms with Crippen LogP contribution in [-0.4, -0.2) is 32.2 Å². The Bertz CT molecular complexity index is 479. The molecule has 4 nitrogen and oxygen atoms in total. The second-order valence-corrected chi connectivity index (χ2v) is 4.25. The zero-order chi connectivity index (χ0) is 13.3. The van der Waals surface area contributed by atoms with E-state index < -0.39 is 23.2 Å². The van der Waals surface area contributed by atoms with E-state index in [-0.39, 0.29) is 11.7 Å². The lowest BCUT2D eigenvalue weighted by molar-refractivity contribution is 0.0594. The maximum atomic E-state index is 13.9. The molecule has 98 valence electrons. The Balaban J connectivity index is 2.35. The zero-order valence-corrected chi connectivity index (χ0v) is 9.95. The molecule has 2 N–H and O–H groups in total. The summed E-state index contributed by atoms with van der Waals surface area (Å²) in [6.45, 7) is 1.06. The molecule has 1 aliphatic rings. The third kappa shape index (κ3) is 2.15. The van der Waals surface area contributed by atoms with Gasteiger partial charge in [-0.1, -0.05) is 0 Å². The van der Waals surface area contributed by atoms with Gasteiger partial charge in [-0.15, -0.1) is 0 Å². The topological polar surface area (TPSA) is 55.6 Å². The Hall–Kier alpha value is -1.69. The Kier molecular flexibility index (Phi) is 3.47. The minimum atomic E-state index is -1.18. The molecule has 1 aliphatic heterocycles. The van der Waals surface area contributed by atoms with Crippen LogP contribution in [0.15, 0.2) is 12.1 Å². The summed E-state index contributed by atoms with van der Waals surface area (Å²) in [6, 6.07) is 2.57. The van der Waals surface area contributed by atoms with Crippen LogP contribution >= 0.6 is 0 Å². The van der Waals surface area contributed by atoms with Gasteiger partial charge in [-0.3, -0.25) is 0 Å². The van der Waals surface area contributed by atoms with E-state index in [1.807, 2.05) is 0 Å². The van der Waals surface area contributed by atoms with E-state index in [1.165, 1.54) is 12.1 Å². The van der Waals surface area contributed by atoms with Crippen molar-refractivity contribution in [2.24, 2.45) is 5.73 Å². The van der Waals surface area contributed by atoms with Crippen LogP contribution < -0.4 is 10.6 Å². The maximum absolute atomic E-state index is 13.9. The van der Waals surface area contributed by atoms with Crippen LogP contribution in [0.3, 0.4) is 0 Å². The van der Waals surface area contributed by atoms with Crippen LogP contribution in [0.25, 0.3) is 0 Å². The number of rotatable bonds is 2. The Morgan fingerprint density at radius 1 is 1.44 bits per heavy atom. The van der Waals surface area contributed by atoms with Crippen LogP contribution in [0.2, 0.25) is 0 Å². The highest BCUT2D eigenvalue weighted by Gasteiger charge is 2.25. The molecule has 1 atom stereocenters. The standard InChI is InChI=1S/C12H14F2N2O2/c1-18-12(17)8-2-3-9(11(14)10(8)13)16-5-4-7(15)6-16/h2-3,7H,4-6,15H2,1H3. The predicted octanol–water partition coefficient (Wildman–Crippen LogP) is 1.29. The number of methoxy groups -OCH3 is 1. The number of benzene rings is 1. The average molecular weight is 256 g/mol. The summed E-state index contributed by atoms with van der Waals surface area (Å²) in [5.41, 5.74) is 5.45. The van der Waals surface area contributed by atoms with Crippen molar-refractivity contribution in [2.75, 3.05) is 25.1 Å².